The second kappa shape index (κ2) is 4.46. The lowest BCUT2D eigenvalue weighted by molar-refractivity contribution is 0.173. The molecule has 0 saturated carbocycles. The normalized spacial score (nSPS) is 20.8. The van der Waals surface area contributed by atoms with Crippen LogP contribution in [-0.2, 0) is 15.7 Å². The highest BCUT2D eigenvalue weighted by Crippen LogP contribution is 2.32. The molecular weight excluding hydrogens is 262 g/mol. The Labute approximate surface area is 118 Å². The molecule has 0 N–H and O–H groups in total. The predicted octanol–water partition coefficient (Wildman–Crippen LogP) is 2.70. The largest absolute Gasteiger partial charge is 0.564 e. The van der Waals surface area contributed by atoms with Gasteiger partial charge in [-0.15, -0.1) is 0 Å². The van der Waals surface area contributed by atoms with Crippen LogP contribution in [0.1, 0.15) is 25.8 Å². The van der Waals surface area contributed by atoms with Gasteiger partial charge in [0.05, 0.1) is 12.4 Å². The number of hydrogen-bond acceptors (Lipinski definition) is 3. The fourth-order valence-electron chi connectivity index (χ4n) is 2.33. The summed E-state index contributed by atoms with van der Waals surface area (Å²) < 4.78 is 17.2. The predicted molar refractivity (Wildman–Crippen MR) is 76.0 cm³/mol. The summed E-state index contributed by atoms with van der Waals surface area (Å²) in [4.78, 5) is 0. The number of aryl methyl sites for hydroxylation is 1. The Bertz CT molecular complexity index is 542. The van der Waals surface area contributed by atoms with Crippen LogP contribution < -0.4 is 10.2 Å². The van der Waals surface area contributed by atoms with Crippen LogP contribution in [0.2, 0.25) is 5.02 Å². The van der Waals surface area contributed by atoms with Crippen molar-refractivity contribution in [2.24, 2.45) is 0 Å². The summed E-state index contributed by atoms with van der Waals surface area (Å²) >= 11 is 6.31. The van der Waals surface area contributed by atoms with E-state index in [-0.39, 0.29) is 0 Å². The van der Waals surface area contributed by atoms with Crippen LogP contribution in [0.15, 0.2) is 24.5 Å². The molecule has 2 heterocycles. The van der Waals surface area contributed by atoms with E-state index in [1.54, 1.807) is 0 Å². The first-order valence-corrected chi connectivity index (χ1v) is 6.84. The first-order valence-electron chi connectivity index (χ1n) is 6.46. The molecule has 0 bridgehead atoms. The molecule has 1 aromatic rings. The molecule has 0 spiro atoms. The van der Waals surface area contributed by atoms with Gasteiger partial charge in [0, 0.05) is 10.5 Å². The van der Waals surface area contributed by atoms with Gasteiger partial charge in [0.25, 0.3) is 0 Å². The molecule has 2 aliphatic heterocycles. The lowest BCUT2D eigenvalue weighted by atomic mass is 9.77. The second-order valence-corrected chi connectivity index (χ2v) is 5.84. The Morgan fingerprint density at radius 2 is 2.16 bits per heavy atom. The summed E-state index contributed by atoms with van der Waals surface area (Å²) in [5, 5.41) is 0.608. The Hall–Kier alpha value is -1.13. The Morgan fingerprint density at radius 3 is 2.84 bits per heavy atom. The Balaban J connectivity index is 1.96. The Morgan fingerprint density at radius 1 is 1.37 bits per heavy atom. The molecule has 1 fully saturated rings. The van der Waals surface area contributed by atoms with Gasteiger partial charge in [0.15, 0.2) is 0 Å². The van der Waals surface area contributed by atoms with Gasteiger partial charge in [-0.2, -0.15) is 0 Å². The summed E-state index contributed by atoms with van der Waals surface area (Å²) in [6, 6.07) is 3.88. The van der Waals surface area contributed by atoms with Crippen molar-refractivity contribution in [1.82, 2.24) is 0 Å². The van der Waals surface area contributed by atoms with E-state index in [2.05, 4.69) is 6.58 Å². The first-order chi connectivity index (χ1) is 8.97. The van der Waals surface area contributed by atoms with Crippen molar-refractivity contribution in [1.29, 1.82) is 0 Å². The van der Waals surface area contributed by atoms with Gasteiger partial charge in [-0.3, -0.25) is 0 Å². The van der Waals surface area contributed by atoms with E-state index in [0.29, 0.717) is 10.8 Å². The summed E-state index contributed by atoms with van der Waals surface area (Å²) in [5.74, 6) is 1.50. The molecule has 1 saturated heterocycles. The fraction of sp³-hybridized carbons (Fsp3) is 0.429. The quantitative estimate of drug-likeness (QED) is 0.739. The second-order valence-electron chi connectivity index (χ2n) is 5.43. The van der Waals surface area contributed by atoms with Crippen LogP contribution in [0.3, 0.4) is 0 Å². The minimum atomic E-state index is -0.486. The smallest absolute Gasteiger partial charge is 0.534 e. The van der Waals surface area contributed by atoms with Crippen molar-refractivity contribution in [3.05, 3.63) is 35.1 Å². The standard InChI is InChI=1S/C14H16BClO3/c1-9-14(2,3)19-15(18-9)11-7-10-5-4-6-17-13(10)8-12(11)16/h7-8H,1,4-6H2,2-3H3. The summed E-state index contributed by atoms with van der Waals surface area (Å²) in [6.07, 6.45) is 2.02. The van der Waals surface area contributed by atoms with Gasteiger partial charge < -0.3 is 14.0 Å². The third-order valence-corrected chi connectivity index (χ3v) is 3.93. The van der Waals surface area contributed by atoms with E-state index in [9.17, 15) is 0 Å². The average molecular weight is 279 g/mol. The molecule has 2 aliphatic rings. The highest BCUT2D eigenvalue weighted by Gasteiger charge is 2.44. The maximum Gasteiger partial charge on any atom is 0.564 e. The first kappa shape index (κ1) is 12.9. The van der Waals surface area contributed by atoms with Crippen molar-refractivity contribution in [2.45, 2.75) is 32.3 Å². The molecule has 0 aromatic heterocycles. The van der Waals surface area contributed by atoms with Crippen molar-refractivity contribution < 1.29 is 14.0 Å². The number of fused-ring (bicyclic) bond motifs is 1. The average Bonchev–Trinajstić information content (AvgIpc) is 2.63. The SMILES string of the molecule is C=C1OB(c2cc3c(cc2Cl)OCCC3)OC1(C)C. The van der Waals surface area contributed by atoms with E-state index in [1.165, 1.54) is 0 Å². The molecule has 0 aliphatic carbocycles. The maximum atomic E-state index is 6.31. The zero-order valence-electron chi connectivity index (χ0n) is 11.2. The molecule has 3 rings (SSSR count). The topological polar surface area (TPSA) is 27.7 Å². The minimum absolute atomic E-state index is 0.484. The fourth-order valence-corrected chi connectivity index (χ4v) is 2.57. The van der Waals surface area contributed by atoms with Crippen LogP contribution in [0.4, 0.5) is 0 Å². The monoisotopic (exact) mass is 278 g/mol. The number of hydrogen-bond donors (Lipinski definition) is 0. The lowest BCUT2D eigenvalue weighted by Crippen LogP contribution is -2.35. The van der Waals surface area contributed by atoms with Crippen molar-refractivity contribution >= 4 is 24.2 Å². The summed E-state index contributed by atoms with van der Waals surface area (Å²) in [6.45, 7) is 8.51. The molecule has 100 valence electrons. The molecule has 0 atom stereocenters. The van der Waals surface area contributed by atoms with Crippen LogP contribution >= 0.6 is 11.6 Å². The molecule has 0 amide bonds. The maximum absolute atomic E-state index is 6.31. The number of benzene rings is 1. The van der Waals surface area contributed by atoms with Crippen molar-refractivity contribution in [3.8, 4) is 5.75 Å². The van der Waals surface area contributed by atoms with E-state index in [1.807, 2.05) is 26.0 Å². The van der Waals surface area contributed by atoms with Crippen LogP contribution in [0.25, 0.3) is 0 Å². The zero-order chi connectivity index (χ0) is 13.6. The van der Waals surface area contributed by atoms with Crippen LogP contribution in [-0.4, -0.2) is 19.3 Å². The molecule has 0 unspecified atom stereocenters. The van der Waals surface area contributed by atoms with Gasteiger partial charge in [0.2, 0.25) is 0 Å². The molecule has 0 radical (unpaired) electrons. The van der Waals surface area contributed by atoms with Crippen molar-refractivity contribution in [3.63, 3.8) is 0 Å². The number of ether oxygens (including phenoxy) is 1. The van der Waals surface area contributed by atoms with Crippen LogP contribution in [0.5, 0.6) is 5.75 Å². The van der Waals surface area contributed by atoms with E-state index in [4.69, 9.17) is 25.6 Å². The lowest BCUT2D eigenvalue weighted by Gasteiger charge is -2.19. The van der Waals surface area contributed by atoms with Gasteiger partial charge in [-0.05, 0) is 38.3 Å². The van der Waals surface area contributed by atoms with Gasteiger partial charge in [0.1, 0.15) is 11.4 Å². The summed E-state index contributed by atoms with van der Waals surface area (Å²) in [5.41, 5.74) is 1.52. The van der Waals surface area contributed by atoms with E-state index in [0.717, 1.165) is 36.2 Å². The number of rotatable bonds is 1. The van der Waals surface area contributed by atoms with Crippen LogP contribution in [0, 0.1) is 0 Å². The van der Waals surface area contributed by atoms with Gasteiger partial charge >= 0.3 is 7.12 Å². The molecule has 3 nitrogen and oxygen atoms in total. The highest BCUT2D eigenvalue weighted by atomic mass is 35.5. The highest BCUT2D eigenvalue weighted by molar-refractivity contribution is 6.66. The minimum Gasteiger partial charge on any atom is -0.534 e. The van der Waals surface area contributed by atoms with Gasteiger partial charge in [-0.25, -0.2) is 0 Å². The third kappa shape index (κ3) is 2.23. The summed E-state index contributed by atoms with van der Waals surface area (Å²) in [7, 11) is -0.484. The third-order valence-electron chi connectivity index (χ3n) is 3.60. The molecule has 5 heteroatoms. The van der Waals surface area contributed by atoms with Crippen molar-refractivity contribution in [2.75, 3.05) is 6.61 Å². The van der Waals surface area contributed by atoms with E-state index < -0.39 is 12.7 Å². The van der Waals surface area contributed by atoms with Gasteiger partial charge in [-0.1, -0.05) is 24.2 Å². The molecular formula is C14H16BClO3. The molecule has 19 heavy (non-hydrogen) atoms. The Kier molecular flexibility index (Phi) is 3.03. The van der Waals surface area contributed by atoms with E-state index >= 15 is 0 Å². The molecule has 1 aromatic carbocycles. The number of halogens is 1. The zero-order valence-corrected chi connectivity index (χ0v) is 11.9.